The number of amides is 1. The van der Waals surface area contributed by atoms with Gasteiger partial charge in [-0.15, -0.1) is 11.3 Å². The maximum atomic E-state index is 13.2. The van der Waals surface area contributed by atoms with Crippen molar-refractivity contribution in [2.24, 2.45) is 0 Å². The fraction of sp³-hybridized carbons (Fsp3) is 0.217. The number of anilines is 2. The first-order valence-electron chi connectivity index (χ1n) is 10.4. The fourth-order valence-electron chi connectivity index (χ4n) is 3.41. The van der Waals surface area contributed by atoms with Gasteiger partial charge in [-0.1, -0.05) is 19.1 Å². The molecule has 4 aromatic rings. The molecule has 0 atom stereocenters. The van der Waals surface area contributed by atoms with Crippen molar-refractivity contribution in [2.75, 3.05) is 15.8 Å². The molecule has 33 heavy (non-hydrogen) atoms. The first kappa shape index (κ1) is 22.9. The van der Waals surface area contributed by atoms with Gasteiger partial charge in [-0.3, -0.25) is 14.2 Å². The lowest BCUT2D eigenvalue weighted by atomic mass is 10.2. The van der Waals surface area contributed by atoms with E-state index in [2.05, 4.69) is 15.1 Å². The van der Waals surface area contributed by atoms with Crippen LogP contribution in [0, 0.1) is 12.7 Å². The molecule has 0 saturated heterocycles. The van der Waals surface area contributed by atoms with E-state index < -0.39 is 10.0 Å². The molecule has 0 aliphatic heterocycles. The van der Waals surface area contributed by atoms with Crippen molar-refractivity contribution >= 4 is 48.9 Å². The van der Waals surface area contributed by atoms with Gasteiger partial charge in [0.05, 0.1) is 22.9 Å². The van der Waals surface area contributed by atoms with E-state index in [9.17, 15) is 17.6 Å². The van der Waals surface area contributed by atoms with Crippen molar-refractivity contribution in [3.63, 3.8) is 0 Å². The largest absolute Gasteiger partial charge is 0.321 e. The highest BCUT2D eigenvalue weighted by Gasteiger charge is 2.17. The van der Waals surface area contributed by atoms with Gasteiger partial charge in [0.1, 0.15) is 10.6 Å². The summed E-state index contributed by atoms with van der Waals surface area (Å²) in [5.41, 5.74) is 2.72. The SMILES string of the molecule is CCCS(=O)(=O)Nc1ccc(NC(=O)c2cc3c(C)nn(Cc4ccc(F)cc4)c3s2)cc1. The Morgan fingerprint density at radius 2 is 1.76 bits per heavy atom. The Bertz CT molecular complexity index is 1390. The molecule has 2 heterocycles. The van der Waals surface area contributed by atoms with Crippen LogP contribution in [-0.2, 0) is 16.6 Å². The predicted octanol–water partition coefficient (Wildman–Crippen LogP) is 5.00. The molecule has 0 bridgehead atoms. The van der Waals surface area contributed by atoms with Gasteiger partial charge in [0.2, 0.25) is 10.0 Å². The van der Waals surface area contributed by atoms with Crippen LogP contribution in [0.2, 0.25) is 0 Å². The van der Waals surface area contributed by atoms with Gasteiger partial charge in [-0.2, -0.15) is 5.10 Å². The summed E-state index contributed by atoms with van der Waals surface area (Å²) >= 11 is 1.33. The highest BCUT2D eigenvalue weighted by Crippen LogP contribution is 2.29. The second-order valence-electron chi connectivity index (χ2n) is 7.65. The summed E-state index contributed by atoms with van der Waals surface area (Å²) in [5, 5.41) is 8.29. The van der Waals surface area contributed by atoms with Crippen LogP contribution in [-0.4, -0.2) is 29.9 Å². The van der Waals surface area contributed by atoms with Gasteiger partial charge in [0.25, 0.3) is 5.91 Å². The summed E-state index contributed by atoms with van der Waals surface area (Å²) in [4.78, 5) is 14.2. The molecule has 0 fully saturated rings. The number of carbonyl (C=O) groups excluding carboxylic acids is 1. The van der Waals surface area contributed by atoms with Crippen LogP contribution in [0.5, 0.6) is 0 Å². The molecule has 0 spiro atoms. The van der Waals surface area contributed by atoms with Crippen molar-refractivity contribution in [3.8, 4) is 0 Å². The topological polar surface area (TPSA) is 93.1 Å². The molecule has 2 aromatic heterocycles. The molecule has 0 radical (unpaired) electrons. The minimum absolute atomic E-state index is 0.0510. The Labute approximate surface area is 195 Å². The average molecular weight is 487 g/mol. The number of rotatable bonds is 8. The van der Waals surface area contributed by atoms with Crippen molar-refractivity contribution in [1.82, 2.24) is 9.78 Å². The molecular weight excluding hydrogens is 463 g/mol. The molecule has 1 amide bonds. The third kappa shape index (κ3) is 5.40. The van der Waals surface area contributed by atoms with Gasteiger partial charge in [-0.05, 0) is 61.4 Å². The second kappa shape index (κ2) is 9.32. The van der Waals surface area contributed by atoms with E-state index in [1.165, 1.54) is 23.5 Å². The van der Waals surface area contributed by atoms with Crippen molar-refractivity contribution in [2.45, 2.75) is 26.8 Å². The molecule has 0 unspecified atom stereocenters. The fourth-order valence-corrected chi connectivity index (χ4v) is 5.60. The Morgan fingerprint density at radius 1 is 1.09 bits per heavy atom. The number of aryl methyl sites for hydroxylation is 1. The summed E-state index contributed by atoms with van der Waals surface area (Å²) in [6.45, 7) is 4.16. The quantitative estimate of drug-likeness (QED) is 0.367. The molecule has 4 rings (SSSR count). The highest BCUT2D eigenvalue weighted by atomic mass is 32.2. The van der Waals surface area contributed by atoms with Crippen LogP contribution in [0.15, 0.2) is 54.6 Å². The summed E-state index contributed by atoms with van der Waals surface area (Å²) in [6.07, 6.45) is 0.528. The molecule has 0 saturated carbocycles. The number of thiophene rings is 1. The predicted molar refractivity (Wildman–Crippen MR) is 130 cm³/mol. The zero-order valence-corrected chi connectivity index (χ0v) is 19.8. The number of benzene rings is 2. The monoisotopic (exact) mass is 486 g/mol. The molecule has 7 nitrogen and oxygen atoms in total. The van der Waals surface area contributed by atoms with E-state index in [1.54, 1.807) is 43.3 Å². The van der Waals surface area contributed by atoms with E-state index in [4.69, 9.17) is 0 Å². The summed E-state index contributed by atoms with van der Waals surface area (Å²) in [7, 11) is -3.37. The van der Waals surface area contributed by atoms with Gasteiger partial charge in [0.15, 0.2) is 0 Å². The Kier molecular flexibility index (Phi) is 6.48. The number of nitrogens with zero attached hydrogens (tertiary/aromatic N) is 2. The molecule has 0 aliphatic carbocycles. The molecular formula is C23H23FN4O3S2. The van der Waals surface area contributed by atoms with Gasteiger partial charge < -0.3 is 5.32 Å². The standard InChI is InChI=1S/C23H23FN4O3S2/c1-3-12-33(30,31)27-19-10-8-18(9-11-19)25-22(29)21-13-20-15(2)26-28(23(20)32-21)14-16-4-6-17(24)7-5-16/h4-11,13,27H,3,12,14H2,1-2H3,(H,25,29). The lowest BCUT2D eigenvalue weighted by molar-refractivity contribution is 0.103. The van der Waals surface area contributed by atoms with Crippen molar-refractivity contribution in [1.29, 1.82) is 0 Å². The van der Waals surface area contributed by atoms with Crippen LogP contribution in [0.4, 0.5) is 15.8 Å². The molecule has 10 heteroatoms. The minimum Gasteiger partial charge on any atom is -0.321 e. The van der Waals surface area contributed by atoms with E-state index in [1.807, 2.05) is 17.7 Å². The summed E-state index contributed by atoms with van der Waals surface area (Å²) in [6, 6.07) is 14.6. The number of carbonyl (C=O) groups is 1. The van der Waals surface area contributed by atoms with Crippen LogP contribution in [0.1, 0.15) is 34.3 Å². The van der Waals surface area contributed by atoms with Crippen LogP contribution >= 0.6 is 11.3 Å². The smallest absolute Gasteiger partial charge is 0.265 e. The van der Waals surface area contributed by atoms with Gasteiger partial charge >= 0.3 is 0 Å². The molecule has 172 valence electrons. The lowest BCUT2D eigenvalue weighted by Crippen LogP contribution is -2.16. The summed E-state index contributed by atoms with van der Waals surface area (Å²) < 4.78 is 41.3. The highest BCUT2D eigenvalue weighted by molar-refractivity contribution is 7.92. The molecule has 0 aliphatic rings. The third-order valence-corrected chi connectivity index (χ3v) is 7.61. The van der Waals surface area contributed by atoms with Crippen molar-refractivity contribution < 1.29 is 17.6 Å². The van der Waals surface area contributed by atoms with Crippen LogP contribution < -0.4 is 10.0 Å². The average Bonchev–Trinajstić information content (AvgIpc) is 3.32. The lowest BCUT2D eigenvalue weighted by Gasteiger charge is -2.08. The number of sulfonamides is 1. The minimum atomic E-state index is -3.37. The number of fused-ring (bicyclic) bond motifs is 1. The zero-order valence-electron chi connectivity index (χ0n) is 18.1. The number of halogens is 1. The van der Waals surface area contributed by atoms with Crippen LogP contribution in [0.3, 0.4) is 0 Å². The van der Waals surface area contributed by atoms with Gasteiger partial charge in [0, 0.05) is 16.8 Å². The molecule has 2 aromatic carbocycles. The second-order valence-corrected chi connectivity index (χ2v) is 10.5. The van der Waals surface area contributed by atoms with E-state index in [0.29, 0.717) is 29.2 Å². The number of hydrogen-bond acceptors (Lipinski definition) is 5. The maximum Gasteiger partial charge on any atom is 0.265 e. The van der Waals surface area contributed by atoms with Crippen LogP contribution in [0.25, 0.3) is 10.2 Å². The van der Waals surface area contributed by atoms with Gasteiger partial charge in [-0.25, -0.2) is 12.8 Å². The Morgan fingerprint density at radius 3 is 2.42 bits per heavy atom. The summed E-state index contributed by atoms with van der Waals surface area (Å²) in [5.74, 6) is -0.500. The zero-order chi connectivity index (χ0) is 23.6. The van der Waals surface area contributed by atoms with E-state index >= 15 is 0 Å². The number of hydrogen-bond donors (Lipinski definition) is 2. The van der Waals surface area contributed by atoms with E-state index in [-0.39, 0.29) is 17.5 Å². The maximum absolute atomic E-state index is 13.2. The van der Waals surface area contributed by atoms with Crippen molar-refractivity contribution in [3.05, 3.63) is 76.5 Å². The third-order valence-electron chi connectivity index (χ3n) is 4.97. The first-order valence-corrected chi connectivity index (χ1v) is 12.8. The number of nitrogens with one attached hydrogen (secondary N) is 2. The Hall–Kier alpha value is -3.24. The Balaban J connectivity index is 1.49. The number of aromatic nitrogens is 2. The molecule has 2 N–H and O–H groups in total. The van der Waals surface area contributed by atoms with E-state index in [0.717, 1.165) is 21.5 Å². The first-order chi connectivity index (χ1) is 15.7. The normalized spacial score (nSPS) is 11.6.